The lowest BCUT2D eigenvalue weighted by Gasteiger charge is -2.20. The number of nitrogens with one attached hydrogen (secondary N) is 1. The van der Waals surface area contributed by atoms with Crippen molar-refractivity contribution < 1.29 is 9.53 Å². The monoisotopic (exact) mass is 336 g/mol. The third-order valence-electron chi connectivity index (χ3n) is 1.61. The molecule has 16 heavy (non-hydrogen) atoms. The van der Waals surface area contributed by atoms with Crippen LogP contribution in [0.4, 0.5) is 4.79 Å². The zero-order valence-corrected chi connectivity index (χ0v) is 11.9. The Morgan fingerprint density at radius 2 is 2.19 bits per heavy atom. The minimum absolute atomic E-state index is 0.298. The summed E-state index contributed by atoms with van der Waals surface area (Å²) in [7, 11) is 0. The molecule has 0 saturated heterocycles. The molecule has 0 radical (unpaired) electrons. The molecule has 0 bridgehead atoms. The van der Waals surface area contributed by atoms with Gasteiger partial charge in [0, 0.05) is 6.54 Å². The second-order valence-corrected chi connectivity index (χ2v) is 6.71. The van der Waals surface area contributed by atoms with Gasteiger partial charge in [0.1, 0.15) is 5.60 Å². The summed E-state index contributed by atoms with van der Waals surface area (Å²) in [6.07, 6.45) is 3.44. The fraction of sp³-hybridized carbons (Fsp3) is 0.455. The van der Waals surface area contributed by atoms with Crippen molar-refractivity contribution >= 4 is 30.8 Å². The molecule has 4 nitrogen and oxygen atoms in total. The van der Waals surface area contributed by atoms with Crippen molar-refractivity contribution in [2.24, 2.45) is 5.73 Å². The molecule has 0 unspecified atom stereocenters. The van der Waals surface area contributed by atoms with E-state index in [1.54, 1.807) is 0 Å². The number of ether oxygens (including phenoxy) is 1. The number of carbonyl (C=O) groups is 1. The fourth-order valence-corrected chi connectivity index (χ4v) is 2.93. The molecular weight excluding hydrogens is 319 g/mol. The number of allylic oxidation sites excluding steroid dienone is 2. The Labute approximate surface area is 106 Å². The molecule has 1 aliphatic rings. The lowest BCUT2D eigenvalue weighted by atomic mass is 10.2. The molecule has 0 aromatic heterocycles. The van der Waals surface area contributed by atoms with E-state index >= 15 is 0 Å². The number of alkyl carbamates (subject to hydrolysis) is 1. The molecule has 5 heteroatoms. The van der Waals surface area contributed by atoms with E-state index in [0.717, 1.165) is 9.28 Å². The van der Waals surface area contributed by atoms with E-state index in [1.165, 1.54) is 0 Å². The predicted octanol–water partition coefficient (Wildman–Crippen LogP) is 2.02. The standard InChI is InChI=1S/C11H17IN2O2/c1-11(2,3)16-10(15)14-9-5-4-8(7-13)6-12-9/h4-6H,7,13H2,1-3H3,(H,14,15). The maximum atomic E-state index is 11.5. The van der Waals surface area contributed by atoms with Crippen molar-refractivity contribution in [2.75, 3.05) is 6.54 Å². The molecule has 0 fully saturated rings. The molecule has 0 saturated carbocycles. The summed E-state index contributed by atoms with van der Waals surface area (Å²) in [5.41, 5.74) is 6.18. The Hall–Kier alpha value is -0.690. The lowest BCUT2D eigenvalue weighted by Crippen LogP contribution is -2.31. The molecule has 1 amide bonds. The summed E-state index contributed by atoms with van der Waals surface area (Å²) in [6, 6.07) is 0. The van der Waals surface area contributed by atoms with Gasteiger partial charge >= 0.3 is 6.09 Å². The van der Waals surface area contributed by atoms with Gasteiger partial charge in [0.2, 0.25) is 0 Å². The summed E-state index contributed by atoms with van der Waals surface area (Å²) in [5, 5.41) is 2.75. The highest BCUT2D eigenvalue weighted by Crippen LogP contribution is 2.17. The third-order valence-corrected chi connectivity index (χ3v) is 4.02. The summed E-state index contributed by atoms with van der Waals surface area (Å²) >= 11 is -0.298. The molecule has 1 rings (SSSR count). The lowest BCUT2D eigenvalue weighted by molar-refractivity contribution is 0.0551. The van der Waals surface area contributed by atoms with Crippen LogP contribution in [0.15, 0.2) is 21.4 Å². The normalized spacial score (nSPS) is 15.8. The van der Waals surface area contributed by atoms with Crippen molar-refractivity contribution in [3.8, 4) is 0 Å². The van der Waals surface area contributed by atoms with Crippen LogP contribution in [0.5, 0.6) is 0 Å². The van der Waals surface area contributed by atoms with Gasteiger partial charge in [0.15, 0.2) is 0 Å². The Balaban J connectivity index is 2.52. The van der Waals surface area contributed by atoms with Crippen LogP contribution < -0.4 is 11.1 Å². The number of carbonyl (C=O) groups excluding carboxylic acids is 1. The highest BCUT2D eigenvalue weighted by Gasteiger charge is 2.16. The van der Waals surface area contributed by atoms with Crippen molar-refractivity contribution in [2.45, 2.75) is 26.4 Å². The van der Waals surface area contributed by atoms with E-state index in [0.29, 0.717) is 6.54 Å². The van der Waals surface area contributed by atoms with Gasteiger partial charge in [-0.05, 0) is 36.4 Å². The minimum atomic E-state index is -0.459. The van der Waals surface area contributed by atoms with E-state index in [1.807, 2.05) is 32.9 Å². The van der Waals surface area contributed by atoms with E-state index in [4.69, 9.17) is 10.5 Å². The fourth-order valence-electron chi connectivity index (χ4n) is 0.964. The number of hydrogen-bond acceptors (Lipinski definition) is 3. The highest BCUT2D eigenvalue weighted by atomic mass is 127. The minimum Gasteiger partial charge on any atom is -0.444 e. The maximum Gasteiger partial charge on any atom is 0.412 e. The van der Waals surface area contributed by atoms with Crippen LogP contribution in [-0.2, 0) is 4.74 Å². The smallest absolute Gasteiger partial charge is 0.412 e. The first-order valence-electron chi connectivity index (χ1n) is 4.98. The zero-order valence-electron chi connectivity index (χ0n) is 9.71. The Kier molecular flexibility index (Phi) is 4.67. The molecule has 0 aromatic rings. The number of hydrogen-bond donors (Lipinski definition) is 2. The third kappa shape index (κ3) is 4.89. The van der Waals surface area contributed by atoms with Gasteiger partial charge in [0.05, 0.1) is 3.70 Å². The van der Waals surface area contributed by atoms with E-state index in [-0.39, 0.29) is 20.7 Å². The first-order valence-corrected chi connectivity index (χ1v) is 7.31. The summed E-state index contributed by atoms with van der Waals surface area (Å²) in [5.74, 6) is 0. The number of amides is 1. The van der Waals surface area contributed by atoms with Crippen molar-refractivity contribution in [3.63, 3.8) is 0 Å². The molecule has 0 atom stereocenters. The summed E-state index contributed by atoms with van der Waals surface area (Å²) in [4.78, 5) is 11.5. The van der Waals surface area contributed by atoms with Crippen LogP contribution in [0.1, 0.15) is 20.8 Å². The van der Waals surface area contributed by atoms with E-state index < -0.39 is 11.7 Å². The number of halogens is 1. The van der Waals surface area contributed by atoms with Gasteiger partial charge < -0.3 is 10.5 Å². The highest BCUT2D eigenvalue weighted by molar-refractivity contribution is 14.2. The van der Waals surface area contributed by atoms with E-state index in [9.17, 15) is 4.79 Å². The van der Waals surface area contributed by atoms with Gasteiger partial charge in [-0.25, -0.2) is 4.79 Å². The first-order chi connectivity index (χ1) is 7.40. The number of nitrogens with two attached hydrogens (primary N) is 1. The molecule has 0 aliphatic carbocycles. The Morgan fingerprint density at radius 3 is 2.62 bits per heavy atom. The molecule has 3 N–H and O–H groups in total. The second-order valence-electron chi connectivity index (χ2n) is 4.31. The summed E-state index contributed by atoms with van der Waals surface area (Å²) in [6.45, 7) is 6.08. The average Bonchev–Trinajstić information content (AvgIpc) is 2.16. The summed E-state index contributed by atoms with van der Waals surface area (Å²) < 4.78 is 8.20. The van der Waals surface area contributed by atoms with Crippen LogP contribution in [0, 0.1) is 0 Å². The van der Waals surface area contributed by atoms with Gasteiger partial charge in [-0.1, -0.05) is 26.8 Å². The van der Waals surface area contributed by atoms with E-state index in [2.05, 4.69) is 9.33 Å². The molecule has 1 aliphatic heterocycles. The molecule has 90 valence electrons. The first kappa shape index (κ1) is 13.4. The molecular formula is C11H17IN2O2. The van der Waals surface area contributed by atoms with Gasteiger partial charge in [0.25, 0.3) is 0 Å². The topological polar surface area (TPSA) is 64.3 Å². The molecule has 1 heterocycles. The van der Waals surface area contributed by atoms with Gasteiger partial charge in [-0.15, -0.1) is 0 Å². The number of rotatable bonds is 2. The van der Waals surface area contributed by atoms with Crippen LogP contribution >= 0.6 is 20.7 Å². The van der Waals surface area contributed by atoms with Crippen LogP contribution in [0.25, 0.3) is 0 Å². The van der Waals surface area contributed by atoms with Crippen molar-refractivity contribution in [1.82, 2.24) is 5.32 Å². The largest absolute Gasteiger partial charge is 0.444 e. The van der Waals surface area contributed by atoms with Gasteiger partial charge in [-0.2, -0.15) is 0 Å². The SMILES string of the molecule is CC(C)(C)OC(=O)NC1=CC=C(CN)C=I1. The van der Waals surface area contributed by atoms with Crippen molar-refractivity contribution in [3.05, 3.63) is 21.4 Å². The Morgan fingerprint density at radius 1 is 1.50 bits per heavy atom. The molecule has 0 aromatic carbocycles. The van der Waals surface area contributed by atoms with Crippen LogP contribution in [0.2, 0.25) is 0 Å². The van der Waals surface area contributed by atoms with Crippen molar-refractivity contribution in [1.29, 1.82) is 0 Å². The maximum absolute atomic E-state index is 11.5. The second kappa shape index (κ2) is 5.58. The zero-order chi connectivity index (χ0) is 12.2. The van der Waals surface area contributed by atoms with Crippen LogP contribution in [0.3, 0.4) is 0 Å². The predicted molar refractivity (Wildman–Crippen MR) is 74.7 cm³/mol. The Bertz CT molecular complexity index is 365. The van der Waals surface area contributed by atoms with Crippen LogP contribution in [-0.4, -0.2) is 22.3 Å². The quantitative estimate of drug-likeness (QED) is 0.599. The molecule has 0 spiro atoms. The van der Waals surface area contributed by atoms with Gasteiger partial charge in [-0.3, -0.25) is 5.32 Å². The average molecular weight is 336 g/mol.